The SMILES string of the molecule is O=C(Nc1ncn(Cc2ccc(Br)cc2)n1)c1cccnc1N1CCCC1. The molecule has 8 heteroatoms. The van der Waals surface area contributed by atoms with Gasteiger partial charge >= 0.3 is 0 Å². The molecule has 7 nitrogen and oxygen atoms in total. The van der Waals surface area contributed by atoms with Crippen LogP contribution in [0.4, 0.5) is 11.8 Å². The lowest BCUT2D eigenvalue weighted by atomic mass is 10.2. The van der Waals surface area contributed by atoms with E-state index in [9.17, 15) is 4.79 Å². The summed E-state index contributed by atoms with van der Waals surface area (Å²) < 4.78 is 2.73. The van der Waals surface area contributed by atoms with Crippen LogP contribution in [0.2, 0.25) is 0 Å². The number of nitrogens with one attached hydrogen (secondary N) is 1. The molecule has 0 spiro atoms. The number of rotatable bonds is 5. The van der Waals surface area contributed by atoms with E-state index in [4.69, 9.17) is 0 Å². The van der Waals surface area contributed by atoms with Gasteiger partial charge in [0.2, 0.25) is 5.95 Å². The molecule has 0 unspecified atom stereocenters. The van der Waals surface area contributed by atoms with E-state index in [0.29, 0.717) is 12.1 Å². The first-order valence-corrected chi connectivity index (χ1v) is 9.63. The van der Waals surface area contributed by atoms with E-state index in [0.717, 1.165) is 41.8 Å². The maximum absolute atomic E-state index is 12.7. The highest BCUT2D eigenvalue weighted by atomic mass is 79.9. The summed E-state index contributed by atoms with van der Waals surface area (Å²) in [6.45, 7) is 2.44. The molecule has 27 heavy (non-hydrogen) atoms. The summed E-state index contributed by atoms with van der Waals surface area (Å²) >= 11 is 3.42. The van der Waals surface area contributed by atoms with Crippen LogP contribution in [0, 0.1) is 0 Å². The Kier molecular flexibility index (Phi) is 5.15. The standard InChI is InChI=1S/C19H19BrN6O/c20-15-7-5-14(6-8-15)12-26-13-22-19(24-26)23-18(27)16-4-3-9-21-17(16)25-10-1-2-11-25/h3-9,13H,1-2,10-12H2,(H,23,24,27). The minimum absolute atomic E-state index is 0.244. The summed E-state index contributed by atoms with van der Waals surface area (Å²) in [6.07, 6.45) is 5.58. The van der Waals surface area contributed by atoms with E-state index in [1.165, 1.54) is 0 Å². The minimum Gasteiger partial charge on any atom is -0.356 e. The molecule has 4 rings (SSSR count). The van der Waals surface area contributed by atoms with Crippen molar-refractivity contribution in [3.8, 4) is 0 Å². The molecular formula is C19H19BrN6O. The Labute approximate surface area is 165 Å². The summed E-state index contributed by atoms with van der Waals surface area (Å²) in [5.74, 6) is 0.765. The smallest absolute Gasteiger partial charge is 0.261 e. The van der Waals surface area contributed by atoms with E-state index in [2.05, 4.69) is 41.2 Å². The van der Waals surface area contributed by atoms with E-state index < -0.39 is 0 Å². The third-order valence-electron chi connectivity index (χ3n) is 4.46. The normalized spacial score (nSPS) is 13.7. The van der Waals surface area contributed by atoms with Crippen molar-refractivity contribution in [1.82, 2.24) is 19.7 Å². The Bertz CT molecular complexity index is 933. The number of amides is 1. The molecule has 1 saturated heterocycles. The van der Waals surface area contributed by atoms with Crippen molar-refractivity contribution in [2.24, 2.45) is 0 Å². The lowest BCUT2D eigenvalue weighted by molar-refractivity contribution is 0.102. The maximum Gasteiger partial charge on any atom is 0.261 e. The number of carbonyl (C=O) groups excluding carboxylic acids is 1. The average Bonchev–Trinajstić information content (AvgIpc) is 3.36. The second-order valence-electron chi connectivity index (χ2n) is 6.42. The molecule has 0 atom stereocenters. The Morgan fingerprint density at radius 3 is 2.67 bits per heavy atom. The molecular weight excluding hydrogens is 408 g/mol. The molecule has 0 radical (unpaired) electrons. The predicted octanol–water partition coefficient (Wildman–Crippen LogP) is 3.34. The highest BCUT2D eigenvalue weighted by molar-refractivity contribution is 9.10. The zero-order valence-corrected chi connectivity index (χ0v) is 16.3. The van der Waals surface area contributed by atoms with Gasteiger partial charge in [0.15, 0.2) is 0 Å². The van der Waals surface area contributed by atoms with E-state index in [1.807, 2.05) is 24.3 Å². The van der Waals surface area contributed by atoms with Crippen LogP contribution in [0.1, 0.15) is 28.8 Å². The topological polar surface area (TPSA) is 75.9 Å². The quantitative estimate of drug-likeness (QED) is 0.676. The fourth-order valence-electron chi connectivity index (χ4n) is 3.13. The maximum atomic E-state index is 12.7. The molecule has 1 aliphatic heterocycles. The van der Waals surface area contributed by atoms with Crippen LogP contribution in [0.25, 0.3) is 0 Å². The minimum atomic E-state index is -0.244. The van der Waals surface area contributed by atoms with Crippen molar-refractivity contribution in [3.63, 3.8) is 0 Å². The summed E-state index contributed by atoms with van der Waals surface area (Å²) in [5.41, 5.74) is 1.65. The van der Waals surface area contributed by atoms with Gasteiger partial charge < -0.3 is 4.90 Å². The van der Waals surface area contributed by atoms with Crippen LogP contribution in [0.3, 0.4) is 0 Å². The lowest BCUT2D eigenvalue weighted by Gasteiger charge is -2.18. The van der Waals surface area contributed by atoms with Crippen molar-refractivity contribution < 1.29 is 4.79 Å². The van der Waals surface area contributed by atoms with Gasteiger partial charge in [-0.15, -0.1) is 5.10 Å². The number of carbonyl (C=O) groups is 1. The lowest BCUT2D eigenvalue weighted by Crippen LogP contribution is -2.24. The summed E-state index contributed by atoms with van der Waals surface area (Å²) in [5, 5.41) is 7.13. The third kappa shape index (κ3) is 4.16. The van der Waals surface area contributed by atoms with Crippen molar-refractivity contribution in [3.05, 3.63) is 64.5 Å². The number of hydrogen-bond donors (Lipinski definition) is 1. The van der Waals surface area contributed by atoms with Gasteiger partial charge in [-0.2, -0.15) is 0 Å². The number of anilines is 2. The molecule has 138 valence electrons. The van der Waals surface area contributed by atoms with Gasteiger partial charge in [0.05, 0.1) is 12.1 Å². The second kappa shape index (κ2) is 7.87. The van der Waals surface area contributed by atoms with Crippen LogP contribution in [-0.4, -0.2) is 38.7 Å². The zero-order chi connectivity index (χ0) is 18.6. The molecule has 2 aromatic heterocycles. The monoisotopic (exact) mass is 426 g/mol. The van der Waals surface area contributed by atoms with Gasteiger partial charge in [-0.3, -0.25) is 10.1 Å². The van der Waals surface area contributed by atoms with Crippen molar-refractivity contribution in [2.75, 3.05) is 23.3 Å². The first kappa shape index (κ1) is 17.7. The summed E-state index contributed by atoms with van der Waals surface area (Å²) in [6, 6.07) is 11.6. The summed E-state index contributed by atoms with van der Waals surface area (Å²) in [7, 11) is 0. The van der Waals surface area contributed by atoms with E-state index in [1.54, 1.807) is 29.3 Å². The second-order valence-corrected chi connectivity index (χ2v) is 7.33. The molecule has 1 aliphatic rings. The third-order valence-corrected chi connectivity index (χ3v) is 4.99. The molecule has 0 saturated carbocycles. The first-order valence-electron chi connectivity index (χ1n) is 8.84. The highest BCUT2D eigenvalue weighted by Crippen LogP contribution is 2.22. The molecule has 1 N–H and O–H groups in total. The molecule has 1 fully saturated rings. The fraction of sp³-hybridized carbons (Fsp3) is 0.263. The van der Waals surface area contributed by atoms with E-state index >= 15 is 0 Å². The number of pyridine rings is 1. The predicted molar refractivity (Wildman–Crippen MR) is 107 cm³/mol. The molecule has 3 aromatic rings. The average molecular weight is 427 g/mol. The molecule has 0 aliphatic carbocycles. The van der Waals surface area contributed by atoms with E-state index in [-0.39, 0.29) is 11.9 Å². The van der Waals surface area contributed by atoms with Gasteiger partial charge in [0, 0.05) is 23.8 Å². The van der Waals surface area contributed by atoms with Gasteiger partial charge in [-0.1, -0.05) is 28.1 Å². The van der Waals surface area contributed by atoms with Crippen LogP contribution >= 0.6 is 15.9 Å². The fourth-order valence-corrected chi connectivity index (χ4v) is 3.39. The van der Waals surface area contributed by atoms with Crippen LogP contribution in [0.5, 0.6) is 0 Å². The van der Waals surface area contributed by atoms with Gasteiger partial charge in [-0.25, -0.2) is 14.6 Å². The Morgan fingerprint density at radius 2 is 1.89 bits per heavy atom. The van der Waals surface area contributed by atoms with Gasteiger partial charge in [-0.05, 0) is 42.7 Å². The van der Waals surface area contributed by atoms with Crippen LogP contribution < -0.4 is 10.2 Å². The Hall–Kier alpha value is -2.74. The Balaban J connectivity index is 1.46. The first-order chi connectivity index (χ1) is 13.2. The van der Waals surface area contributed by atoms with Crippen molar-refractivity contribution >= 4 is 33.6 Å². The number of nitrogens with zero attached hydrogens (tertiary/aromatic N) is 5. The number of hydrogen-bond acceptors (Lipinski definition) is 5. The van der Waals surface area contributed by atoms with Crippen LogP contribution in [-0.2, 0) is 6.54 Å². The van der Waals surface area contributed by atoms with Crippen molar-refractivity contribution in [2.45, 2.75) is 19.4 Å². The number of aromatic nitrogens is 4. The Morgan fingerprint density at radius 1 is 1.11 bits per heavy atom. The van der Waals surface area contributed by atoms with Gasteiger partial charge in [0.25, 0.3) is 5.91 Å². The largest absolute Gasteiger partial charge is 0.356 e. The highest BCUT2D eigenvalue weighted by Gasteiger charge is 2.21. The molecule has 1 amide bonds. The van der Waals surface area contributed by atoms with Crippen LogP contribution in [0.15, 0.2) is 53.4 Å². The number of halogens is 1. The molecule has 0 bridgehead atoms. The zero-order valence-electron chi connectivity index (χ0n) is 14.7. The molecule has 1 aromatic carbocycles. The number of benzene rings is 1. The molecule has 3 heterocycles. The van der Waals surface area contributed by atoms with Gasteiger partial charge in [0.1, 0.15) is 12.1 Å². The summed E-state index contributed by atoms with van der Waals surface area (Å²) in [4.78, 5) is 23.5. The van der Waals surface area contributed by atoms with Crippen molar-refractivity contribution in [1.29, 1.82) is 0 Å².